The van der Waals surface area contributed by atoms with Crippen molar-refractivity contribution in [3.63, 3.8) is 0 Å². The number of hydrogen-bond acceptors (Lipinski definition) is 4. The third kappa shape index (κ3) is 1.96. The van der Waals surface area contributed by atoms with Crippen LogP contribution in [0.3, 0.4) is 0 Å². The first-order chi connectivity index (χ1) is 5.29. The van der Waals surface area contributed by atoms with Crippen LogP contribution >= 0.6 is 24.2 Å². The van der Waals surface area contributed by atoms with Gasteiger partial charge in [0, 0.05) is 26.4 Å². The number of rotatable bonds is 1. The summed E-state index contributed by atoms with van der Waals surface area (Å²) in [6.45, 7) is 0.963. The first-order valence-electron chi connectivity index (χ1n) is 3.39. The van der Waals surface area contributed by atoms with E-state index in [1.54, 1.807) is 11.9 Å². The van der Waals surface area contributed by atoms with Crippen LogP contribution in [0.2, 0.25) is 0 Å². The Morgan fingerprint density at radius 3 is 2.82 bits per heavy atom. The molecule has 4 nitrogen and oxygen atoms in total. The van der Waals surface area contributed by atoms with E-state index in [9.17, 15) is 0 Å². The molecule has 6 heteroatoms. The highest BCUT2D eigenvalue weighted by atomic mass is 32.2. The topological polar surface area (TPSA) is 30.5 Å². The van der Waals surface area contributed by atoms with Crippen molar-refractivity contribution in [2.75, 3.05) is 26.4 Å². The van der Waals surface area contributed by atoms with Crippen molar-refractivity contribution in [1.29, 1.82) is 0 Å². The second-order valence-corrected chi connectivity index (χ2v) is 3.41. The largest absolute Gasteiger partial charge is 0.365 e. The van der Waals surface area contributed by atoms with Crippen LogP contribution in [-0.2, 0) is 0 Å². The van der Waals surface area contributed by atoms with Crippen molar-refractivity contribution < 1.29 is 0 Å². The van der Waals surface area contributed by atoms with Crippen LogP contribution in [0.5, 0.6) is 0 Å². The fourth-order valence-corrected chi connectivity index (χ4v) is 1.96. The number of hydrogen-bond donors (Lipinski definition) is 2. The van der Waals surface area contributed by atoms with E-state index in [-0.39, 0.29) is 0 Å². The van der Waals surface area contributed by atoms with Crippen molar-refractivity contribution in [3.8, 4) is 0 Å². The van der Waals surface area contributed by atoms with Gasteiger partial charge < -0.3 is 5.32 Å². The Bertz CT molecular complexity index is 151. The third-order valence-electron chi connectivity index (χ3n) is 1.38. The van der Waals surface area contributed by atoms with Crippen LogP contribution in [0.1, 0.15) is 0 Å². The zero-order valence-corrected chi connectivity index (χ0v) is 8.26. The molecule has 0 aliphatic carbocycles. The highest BCUT2D eigenvalue weighted by Gasteiger charge is 2.22. The van der Waals surface area contributed by atoms with E-state index in [0.717, 1.165) is 17.4 Å². The summed E-state index contributed by atoms with van der Waals surface area (Å²) in [5.74, 6) is 1.07. The Hall–Kier alpha value is -0.0400. The van der Waals surface area contributed by atoms with Crippen molar-refractivity contribution in [3.05, 3.63) is 0 Å². The Labute approximate surface area is 76.4 Å². The first-order valence-corrected chi connectivity index (χ1v) is 4.74. The van der Waals surface area contributed by atoms with Crippen LogP contribution in [0.4, 0.5) is 0 Å². The van der Waals surface area contributed by atoms with Gasteiger partial charge in [-0.1, -0.05) is 4.52 Å². The van der Waals surface area contributed by atoms with Gasteiger partial charge in [0.05, 0.1) is 0 Å². The van der Waals surface area contributed by atoms with Gasteiger partial charge in [0.1, 0.15) is 0 Å². The van der Waals surface area contributed by atoms with Gasteiger partial charge in [0.15, 0.2) is 5.11 Å². The summed E-state index contributed by atoms with van der Waals surface area (Å²) in [6.07, 6.45) is 0. The average molecular weight is 192 g/mol. The molecule has 1 heterocycles. The zero-order chi connectivity index (χ0) is 8.27. The van der Waals surface area contributed by atoms with E-state index in [1.165, 1.54) is 0 Å². The SMILES string of the molecule is CNC(=S)N1CCSN1NC. The van der Waals surface area contributed by atoms with Crippen LogP contribution in [0, 0.1) is 0 Å². The Morgan fingerprint density at radius 2 is 2.27 bits per heavy atom. The molecule has 0 radical (unpaired) electrons. The minimum Gasteiger partial charge on any atom is -0.365 e. The molecule has 0 unspecified atom stereocenters. The van der Waals surface area contributed by atoms with Crippen LogP contribution in [0.15, 0.2) is 0 Å². The molecular weight excluding hydrogens is 180 g/mol. The van der Waals surface area contributed by atoms with Gasteiger partial charge in [-0.3, -0.25) is 5.01 Å². The lowest BCUT2D eigenvalue weighted by Crippen LogP contribution is -2.47. The van der Waals surface area contributed by atoms with E-state index in [1.807, 2.05) is 23.6 Å². The normalized spacial score (nSPS) is 18.9. The maximum absolute atomic E-state index is 5.08. The van der Waals surface area contributed by atoms with Crippen LogP contribution in [0.25, 0.3) is 0 Å². The molecule has 0 aromatic rings. The Balaban J connectivity index is 2.49. The molecule has 11 heavy (non-hydrogen) atoms. The standard InChI is InChI=1S/C5H12N4S2/c1-6-5(10)8-3-4-11-9(8)7-2/h7H,3-4H2,1-2H3,(H,6,10). The van der Waals surface area contributed by atoms with E-state index < -0.39 is 0 Å². The number of nitrogens with zero attached hydrogens (tertiary/aromatic N) is 2. The molecule has 1 rings (SSSR count). The summed E-state index contributed by atoms with van der Waals surface area (Å²) in [7, 11) is 3.71. The number of thiocarbonyl (C=S) groups is 1. The molecule has 0 atom stereocenters. The smallest absolute Gasteiger partial charge is 0.185 e. The quantitative estimate of drug-likeness (QED) is 0.442. The second-order valence-electron chi connectivity index (χ2n) is 2.01. The molecule has 64 valence electrons. The zero-order valence-electron chi connectivity index (χ0n) is 6.63. The van der Waals surface area contributed by atoms with Gasteiger partial charge in [-0.25, -0.2) is 5.43 Å². The predicted octanol–water partition coefficient (Wildman–Crippen LogP) is -0.194. The van der Waals surface area contributed by atoms with E-state index in [0.29, 0.717) is 0 Å². The van der Waals surface area contributed by atoms with Crippen LogP contribution in [-0.4, -0.2) is 41.0 Å². The van der Waals surface area contributed by atoms with Crippen molar-refractivity contribution >= 4 is 29.3 Å². The summed E-state index contributed by atoms with van der Waals surface area (Å²) in [5.41, 5.74) is 3.02. The lowest BCUT2D eigenvalue weighted by atomic mass is 10.7. The van der Waals surface area contributed by atoms with Crippen molar-refractivity contribution in [2.24, 2.45) is 0 Å². The molecule has 1 aliphatic heterocycles. The van der Waals surface area contributed by atoms with Gasteiger partial charge in [-0.2, -0.15) is 0 Å². The molecular formula is C5H12N4S2. The number of hydrazine groups is 2. The van der Waals surface area contributed by atoms with Crippen LogP contribution < -0.4 is 10.7 Å². The molecule has 0 aromatic carbocycles. The minimum atomic E-state index is 0.754. The van der Waals surface area contributed by atoms with Crippen molar-refractivity contribution in [1.82, 2.24) is 20.3 Å². The summed E-state index contributed by atoms with van der Waals surface area (Å²) in [4.78, 5) is 0. The molecule has 2 N–H and O–H groups in total. The highest BCUT2D eigenvalue weighted by molar-refractivity contribution is 7.97. The Morgan fingerprint density at radius 1 is 1.55 bits per heavy atom. The minimum absolute atomic E-state index is 0.754. The van der Waals surface area contributed by atoms with E-state index in [4.69, 9.17) is 12.2 Å². The molecule has 0 spiro atoms. The van der Waals surface area contributed by atoms with Gasteiger partial charge in [-0.05, 0) is 24.2 Å². The predicted molar refractivity (Wildman–Crippen MR) is 51.7 cm³/mol. The second kappa shape index (κ2) is 4.10. The molecule has 1 saturated heterocycles. The maximum Gasteiger partial charge on any atom is 0.185 e. The summed E-state index contributed by atoms with van der Waals surface area (Å²) in [6, 6.07) is 0. The summed E-state index contributed by atoms with van der Waals surface area (Å²) < 4.78 is 1.93. The van der Waals surface area contributed by atoms with Crippen molar-refractivity contribution in [2.45, 2.75) is 0 Å². The molecule has 0 saturated carbocycles. The summed E-state index contributed by atoms with van der Waals surface area (Å²) in [5, 5.41) is 5.67. The first kappa shape index (κ1) is 9.05. The van der Waals surface area contributed by atoms with Gasteiger partial charge >= 0.3 is 0 Å². The lowest BCUT2D eigenvalue weighted by Gasteiger charge is -2.26. The fourth-order valence-electron chi connectivity index (χ4n) is 0.873. The molecule has 1 fully saturated rings. The van der Waals surface area contributed by atoms with Gasteiger partial charge in [0.2, 0.25) is 0 Å². The highest BCUT2D eigenvalue weighted by Crippen LogP contribution is 2.18. The molecule has 0 bridgehead atoms. The maximum atomic E-state index is 5.08. The third-order valence-corrected chi connectivity index (χ3v) is 2.78. The molecule has 1 aliphatic rings. The number of nitrogens with one attached hydrogen (secondary N) is 2. The molecule has 0 aromatic heterocycles. The average Bonchev–Trinajstić information content (AvgIpc) is 2.50. The van der Waals surface area contributed by atoms with Gasteiger partial charge in [0.25, 0.3) is 0 Å². The summed E-state index contributed by atoms with van der Waals surface area (Å²) >= 11 is 6.79. The lowest BCUT2D eigenvalue weighted by molar-refractivity contribution is 0.143. The Kier molecular flexibility index (Phi) is 3.38. The van der Waals surface area contributed by atoms with E-state index in [2.05, 4.69) is 10.7 Å². The van der Waals surface area contributed by atoms with Gasteiger partial charge in [-0.15, -0.1) is 0 Å². The fraction of sp³-hybridized carbons (Fsp3) is 0.800. The monoisotopic (exact) mass is 192 g/mol. The van der Waals surface area contributed by atoms with E-state index >= 15 is 0 Å². The molecule has 0 amide bonds.